The van der Waals surface area contributed by atoms with Gasteiger partial charge in [0.05, 0.1) is 0 Å². The van der Waals surface area contributed by atoms with Gasteiger partial charge in [-0.3, -0.25) is 0 Å². The summed E-state index contributed by atoms with van der Waals surface area (Å²) >= 11 is 0. The van der Waals surface area contributed by atoms with E-state index in [9.17, 15) is 15.3 Å². The van der Waals surface area contributed by atoms with Crippen LogP contribution in [0.2, 0.25) is 0 Å². The molecule has 1 aliphatic carbocycles. The minimum atomic E-state index is -0.425. The van der Waals surface area contributed by atoms with E-state index in [1.807, 2.05) is 36.4 Å². The van der Waals surface area contributed by atoms with E-state index in [1.54, 1.807) is 36.4 Å². The standard InChI is InChI=1S/C29H30O3/c1-28(2,21-8-14-25(30)15-9-21)20-4-6-22(7-5-20)29(3,23-10-16-26(31)17-11-23)24-12-18-27(32)19-13-24/h4,6-20,30-32H,5H2,1-3H3. The van der Waals surface area contributed by atoms with Crippen LogP contribution in [0.25, 0.3) is 0 Å². The molecule has 3 N–H and O–H groups in total. The number of aromatic hydroxyl groups is 3. The maximum Gasteiger partial charge on any atom is 0.115 e. The third-order valence-corrected chi connectivity index (χ3v) is 7.10. The maximum atomic E-state index is 9.81. The van der Waals surface area contributed by atoms with Crippen LogP contribution in [-0.2, 0) is 10.8 Å². The van der Waals surface area contributed by atoms with E-state index in [0.717, 1.165) is 17.5 Å². The Labute approximate surface area is 190 Å². The van der Waals surface area contributed by atoms with Crippen LogP contribution in [0.4, 0.5) is 0 Å². The molecular weight excluding hydrogens is 396 g/mol. The molecule has 0 aromatic heterocycles. The van der Waals surface area contributed by atoms with Gasteiger partial charge in [-0.1, -0.05) is 68.5 Å². The highest BCUT2D eigenvalue weighted by Crippen LogP contribution is 2.45. The van der Waals surface area contributed by atoms with Gasteiger partial charge in [-0.25, -0.2) is 0 Å². The van der Waals surface area contributed by atoms with Gasteiger partial charge in [0.2, 0.25) is 0 Å². The first kappa shape index (κ1) is 21.8. The Kier molecular flexibility index (Phi) is 5.60. The fraction of sp³-hybridized carbons (Fsp3) is 0.241. The predicted molar refractivity (Wildman–Crippen MR) is 129 cm³/mol. The second-order valence-corrected chi connectivity index (χ2v) is 9.35. The van der Waals surface area contributed by atoms with Gasteiger partial charge in [0.15, 0.2) is 0 Å². The molecule has 0 fully saturated rings. The highest BCUT2D eigenvalue weighted by atomic mass is 16.3. The highest BCUT2D eigenvalue weighted by molar-refractivity contribution is 5.54. The summed E-state index contributed by atoms with van der Waals surface area (Å²) in [6.45, 7) is 6.67. The summed E-state index contributed by atoms with van der Waals surface area (Å²) in [7, 11) is 0. The van der Waals surface area contributed by atoms with Gasteiger partial charge in [-0.15, -0.1) is 0 Å². The van der Waals surface area contributed by atoms with Crippen LogP contribution in [0.3, 0.4) is 0 Å². The van der Waals surface area contributed by atoms with E-state index in [2.05, 4.69) is 39.0 Å². The smallest absolute Gasteiger partial charge is 0.115 e. The topological polar surface area (TPSA) is 60.7 Å². The predicted octanol–water partition coefficient (Wildman–Crippen LogP) is 6.59. The molecule has 3 aromatic carbocycles. The number of hydrogen-bond acceptors (Lipinski definition) is 3. The average molecular weight is 427 g/mol. The molecule has 164 valence electrons. The maximum absolute atomic E-state index is 9.81. The molecule has 0 saturated heterocycles. The van der Waals surface area contributed by atoms with Gasteiger partial charge in [0, 0.05) is 5.41 Å². The van der Waals surface area contributed by atoms with E-state index in [1.165, 1.54) is 11.1 Å². The van der Waals surface area contributed by atoms with Crippen LogP contribution in [0, 0.1) is 5.92 Å². The minimum Gasteiger partial charge on any atom is -0.508 e. The molecule has 3 aromatic rings. The second-order valence-electron chi connectivity index (χ2n) is 9.35. The van der Waals surface area contributed by atoms with Gasteiger partial charge in [0.25, 0.3) is 0 Å². The fourth-order valence-electron chi connectivity index (χ4n) is 4.72. The highest BCUT2D eigenvalue weighted by Gasteiger charge is 2.36. The first-order chi connectivity index (χ1) is 15.2. The quantitative estimate of drug-likeness (QED) is 0.431. The monoisotopic (exact) mass is 426 g/mol. The summed E-state index contributed by atoms with van der Waals surface area (Å²) < 4.78 is 0. The fourth-order valence-corrected chi connectivity index (χ4v) is 4.72. The molecule has 1 atom stereocenters. The van der Waals surface area contributed by atoms with E-state index < -0.39 is 5.41 Å². The van der Waals surface area contributed by atoms with Crippen LogP contribution >= 0.6 is 0 Å². The molecule has 0 aliphatic heterocycles. The molecule has 0 heterocycles. The Hall–Kier alpha value is -3.46. The summed E-state index contributed by atoms with van der Waals surface area (Å²) in [4.78, 5) is 0. The number of benzene rings is 3. The second kappa shape index (κ2) is 8.23. The summed E-state index contributed by atoms with van der Waals surface area (Å²) in [5.74, 6) is 1.08. The lowest BCUT2D eigenvalue weighted by molar-refractivity contribution is 0.379. The summed E-state index contributed by atoms with van der Waals surface area (Å²) in [5.41, 5.74) is 4.03. The molecule has 1 aliphatic rings. The van der Waals surface area contributed by atoms with Crippen molar-refractivity contribution in [2.75, 3.05) is 0 Å². The van der Waals surface area contributed by atoms with E-state index in [4.69, 9.17) is 0 Å². The molecular formula is C29H30O3. The van der Waals surface area contributed by atoms with Crippen molar-refractivity contribution in [1.29, 1.82) is 0 Å². The molecule has 0 amide bonds. The minimum absolute atomic E-state index is 0.0836. The molecule has 3 nitrogen and oxygen atoms in total. The third kappa shape index (κ3) is 3.91. The summed E-state index contributed by atoms with van der Waals surface area (Å²) in [6.07, 6.45) is 7.72. The molecule has 0 saturated carbocycles. The van der Waals surface area contributed by atoms with Crippen molar-refractivity contribution in [2.45, 2.75) is 38.0 Å². The summed E-state index contributed by atoms with van der Waals surface area (Å²) in [5, 5.41) is 29.3. The Morgan fingerprint density at radius 2 is 1.03 bits per heavy atom. The zero-order valence-corrected chi connectivity index (χ0v) is 18.8. The van der Waals surface area contributed by atoms with Gasteiger partial charge >= 0.3 is 0 Å². The Morgan fingerprint density at radius 3 is 1.41 bits per heavy atom. The van der Waals surface area contributed by atoms with Crippen molar-refractivity contribution in [3.05, 3.63) is 113 Å². The Morgan fingerprint density at radius 1 is 0.625 bits per heavy atom. The lowest BCUT2D eigenvalue weighted by Gasteiger charge is -2.38. The molecule has 4 rings (SSSR count). The number of phenolic OH excluding ortho intramolecular Hbond substituents is 3. The van der Waals surface area contributed by atoms with E-state index in [-0.39, 0.29) is 22.7 Å². The van der Waals surface area contributed by atoms with Crippen LogP contribution in [0.5, 0.6) is 17.2 Å². The van der Waals surface area contributed by atoms with Gasteiger partial charge < -0.3 is 15.3 Å². The average Bonchev–Trinajstić information content (AvgIpc) is 2.80. The van der Waals surface area contributed by atoms with Gasteiger partial charge in [0.1, 0.15) is 17.2 Å². The van der Waals surface area contributed by atoms with Crippen molar-refractivity contribution in [1.82, 2.24) is 0 Å². The van der Waals surface area contributed by atoms with Crippen molar-refractivity contribution in [3.8, 4) is 17.2 Å². The Bertz CT molecular complexity index is 1090. The van der Waals surface area contributed by atoms with Crippen molar-refractivity contribution >= 4 is 0 Å². The van der Waals surface area contributed by atoms with Gasteiger partial charge in [-0.05, 0) is 83.3 Å². The van der Waals surface area contributed by atoms with Crippen molar-refractivity contribution < 1.29 is 15.3 Å². The largest absolute Gasteiger partial charge is 0.508 e. The molecule has 3 heteroatoms. The first-order valence-electron chi connectivity index (χ1n) is 11.0. The zero-order valence-electron chi connectivity index (χ0n) is 18.8. The van der Waals surface area contributed by atoms with E-state index >= 15 is 0 Å². The zero-order chi connectivity index (χ0) is 22.9. The number of rotatable bonds is 5. The molecule has 32 heavy (non-hydrogen) atoms. The lowest BCUT2D eigenvalue weighted by Crippen LogP contribution is -2.31. The van der Waals surface area contributed by atoms with Gasteiger partial charge in [-0.2, -0.15) is 0 Å². The summed E-state index contributed by atoms with van der Waals surface area (Å²) in [6, 6.07) is 22.2. The third-order valence-electron chi connectivity index (χ3n) is 7.10. The van der Waals surface area contributed by atoms with Crippen molar-refractivity contribution in [2.24, 2.45) is 5.92 Å². The first-order valence-corrected chi connectivity index (χ1v) is 11.0. The normalized spacial score (nSPS) is 16.6. The molecule has 0 radical (unpaired) electrons. The number of hydrogen-bond donors (Lipinski definition) is 3. The van der Waals surface area contributed by atoms with Crippen LogP contribution in [0.1, 0.15) is 43.9 Å². The van der Waals surface area contributed by atoms with E-state index in [0.29, 0.717) is 5.92 Å². The van der Waals surface area contributed by atoms with Crippen LogP contribution in [-0.4, -0.2) is 15.3 Å². The van der Waals surface area contributed by atoms with Crippen LogP contribution in [0.15, 0.2) is 96.6 Å². The molecule has 1 unspecified atom stereocenters. The van der Waals surface area contributed by atoms with Crippen LogP contribution < -0.4 is 0 Å². The number of allylic oxidation sites excluding steroid dienone is 4. The van der Waals surface area contributed by atoms with Crippen molar-refractivity contribution in [3.63, 3.8) is 0 Å². The molecule has 0 spiro atoms. The number of phenols is 3. The lowest BCUT2D eigenvalue weighted by atomic mass is 9.65. The molecule has 0 bridgehead atoms. The Balaban J connectivity index is 1.70. The SMILES string of the molecule is CC(C1=CCC(C(C)(C)c2ccc(O)cc2)C=C1)(c1ccc(O)cc1)c1ccc(O)cc1.